The zero-order valence-corrected chi connectivity index (χ0v) is 3.04. The molecule has 0 fully saturated rings. The van der Waals surface area contributed by atoms with E-state index in [0.29, 0.717) is 0 Å². The molecule has 5 heavy (non-hydrogen) atoms. The predicted octanol–water partition coefficient (Wildman–Crippen LogP) is -0.339. The number of sulfone groups is 1. The molecule has 0 aromatic heterocycles. The SMILES string of the molecule is [2H]C([2H])([2H])S(=O)(=O)C([2H])([2H])[2H]. The van der Waals surface area contributed by atoms with Crippen molar-refractivity contribution >= 4 is 9.84 Å². The van der Waals surface area contributed by atoms with Gasteiger partial charge in [0.15, 0.2) is 0 Å². The van der Waals surface area contributed by atoms with Crippen LogP contribution in [0, 0.1) is 0 Å². The second-order valence-electron chi connectivity index (χ2n) is 0.503. The largest absolute Gasteiger partial charge is 0.229 e. The van der Waals surface area contributed by atoms with Crippen LogP contribution in [-0.4, -0.2) is 20.8 Å². The minimum atomic E-state index is -5.01. The third kappa shape index (κ3) is 6010. The molecule has 0 unspecified atom stereocenters. The van der Waals surface area contributed by atoms with Gasteiger partial charge in [-0.2, -0.15) is 0 Å². The molecule has 0 N–H and O–H groups in total. The van der Waals surface area contributed by atoms with Crippen LogP contribution in [0.2, 0.25) is 0 Å². The van der Waals surface area contributed by atoms with E-state index in [1.165, 1.54) is 0 Å². The molecule has 0 saturated carbocycles. The van der Waals surface area contributed by atoms with Gasteiger partial charge in [0.1, 0.15) is 9.84 Å². The molecule has 0 aliphatic heterocycles. The molecule has 0 amide bonds. The Hall–Kier alpha value is -0.0500. The minimum absolute atomic E-state index is 3.46. The Morgan fingerprint density at radius 1 is 1.60 bits per heavy atom. The summed E-state index contributed by atoms with van der Waals surface area (Å²) in [7, 11) is -5.01. The molecular formula is C2H6O2S. The summed E-state index contributed by atoms with van der Waals surface area (Å²) >= 11 is 0. The van der Waals surface area contributed by atoms with E-state index in [-0.39, 0.29) is 0 Å². The Kier molecular flexibility index (Phi) is 0.151. The average Bonchev–Trinajstić information content (AvgIpc) is 1.58. The van der Waals surface area contributed by atoms with Crippen molar-refractivity contribution in [3.63, 3.8) is 0 Å². The fourth-order valence-electron chi connectivity index (χ4n) is 0. The molecule has 32 valence electrons. The first-order chi connectivity index (χ1) is 4.50. The van der Waals surface area contributed by atoms with Crippen molar-refractivity contribution in [1.82, 2.24) is 0 Å². The van der Waals surface area contributed by atoms with Gasteiger partial charge in [0.05, 0.1) is 0 Å². The second kappa shape index (κ2) is 0.971. The lowest BCUT2D eigenvalue weighted by atomic mass is 11.9. The van der Waals surface area contributed by atoms with Crippen molar-refractivity contribution < 1.29 is 16.6 Å². The molecule has 0 aromatic carbocycles. The standard InChI is InChI=1S/C2H6O2S/c1-5(2,3)4/h1-2H3/i1D3,2D3. The molecule has 0 aliphatic rings. The van der Waals surface area contributed by atoms with Crippen LogP contribution in [-0.2, 0) is 9.84 Å². The van der Waals surface area contributed by atoms with Gasteiger partial charge in [-0.3, -0.25) is 0 Å². The van der Waals surface area contributed by atoms with Gasteiger partial charge in [0.2, 0.25) is 0 Å². The van der Waals surface area contributed by atoms with Crippen LogP contribution in [0.5, 0.6) is 0 Å². The van der Waals surface area contributed by atoms with Gasteiger partial charge >= 0.3 is 0 Å². The summed E-state index contributed by atoms with van der Waals surface area (Å²) in [5.41, 5.74) is 0. The maximum Gasteiger partial charge on any atom is 0.144 e. The summed E-state index contributed by atoms with van der Waals surface area (Å²) in [5.74, 6) is 0. The fraction of sp³-hybridized carbons (Fsp3) is 1.00. The molecule has 0 spiro atoms. The first kappa shape index (κ1) is 0.780. The van der Waals surface area contributed by atoms with Crippen LogP contribution in [0.1, 0.15) is 8.22 Å². The normalized spacial score (nSPS) is 34.4. The molecular weight excluding hydrogens is 88.1 g/mol. The Labute approximate surface area is 40.2 Å². The van der Waals surface area contributed by atoms with Crippen molar-refractivity contribution in [2.24, 2.45) is 0 Å². The minimum Gasteiger partial charge on any atom is -0.229 e. The Bertz CT molecular complexity index is 210. The molecule has 2 nitrogen and oxygen atoms in total. The van der Waals surface area contributed by atoms with Crippen molar-refractivity contribution in [2.45, 2.75) is 0 Å². The van der Waals surface area contributed by atoms with Gasteiger partial charge in [-0.25, -0.2) is 8.42 Å². The predicted molar refractivity (Wildman–Crippen MR) is 20.8 cm³/mol. The highest BCUT2D eigenvalue weighted by atomic mass is 32.2. The van der Waals surface area contributed by atoms with Crippen LogP contribution in [0.4, 0.5) is 0 Å². The molecule has 0 bridgehead atoms. The lowest BCUT2D eigenvalue weighted by Gasteiger charge is -1.69. The summed E-state index contributed by atoms with van der Waals surface area (Å²) < 4.78 is 59.4. The second-order valence-corrected chi connectivity index (χ2v) is 1.51. The van der Waals surface area contributed by atoms with Crippen molar-refractivity contribution in [3.8, 4) is 0 Å². The van der Waals surface area contributed by atoms with E-state index >= 15 is 0 Å². The topological polar surface area (TPSA) is 34.1 Å². The van der Waals surface area contributed by atoms with Crippen molar-refractivity contribution in [2.75, 3.05) is 12.4 Å². The highest BCUT2D eigenvalue weighted by molar-refractivity contribution is 7.89. The van der Waals surface area contributed by atoms with Gasteiger partial charge < -0.3 is 0 Å². The number of hydrogen-bond donors (Lipinski definition) is 0. The summed E-state index contributed by atoms with van der Waals surface area (Å²) in [6, 6.07) is 0. The smallest absolute Gasteiger partial charge is 0.144 e. The Balaban J connectivity index is 5.11. The molecule has 0 aromatic rings. The third-order valence-corrected chi connectivity index (χ3v) is 0. The molecule has 0 heterocycles. The Morgan fingerprint density at radius 2 is 2.00 bits per heavy atom. The molecule has 0 rings (SSSR count). The summed E-state index contributed by atoms with van der Waals surface area (Å²) in [4.78, 5) is 0. The molecule has 0 radical (unpaired) electrons. The van der Waals surface area contributed by atoms with E-state index in [1.807, 2.05) is 0 Å². The molecule has 0 atom stereocenters. The summed E-state index contributed by atoms with van der Waals surface area (Å²) in [5, 5.41) is 0. The molecule has 0 saturated heterocycles. The maximum absolute atomic E-state index is 10.5. The van der Waals surface area contributed by atoms with Crippen LogP contribution < -0.4 is 0 Å². The Morgan fingerprint density at radius 3 is 2.00 bits per heavy atom. The van der Waals surface area contributed by atoms with E-state index in [2.05, 4.69) is 0 Å². The van der Waals surface area contributed by atoms with Crippen molar-refractivity contribution in [3.05, 3.63) is 0 Å². The molecule has 0 aliphatic carbocycles. The van der Waals surface area contributed by atoms with Crippen LogP contribution in [0.3, 0.4) is 0 Å². The monoisotopic (exact) mass is 100 g/mol. The van der Waals surface area contributed by atoms with Gasteiger partial charge in [-0.15, -0.1) is 0 Å². The number of hydrogen-bond acceptors (Lipinski definition) is 2. The third-order valence-electron chi connectivity index (χ3n) is 0. The highest BCUT2D eigenvalue weighted by Crippen LogP contribution is 1.61. The average molecular weight is 100 g/mol. The van der Waals surface area contributed by atoms with Gasteiger partial charge in [-0.1, -0.05) is 0 Å². The van der Waals surface area contributed by atoms with Crippen LogP contribution >= 0.6 is 0 Å². The zero-order chi connectivity index (χ0) is 9.50. The number of rotatable bonds is 0. The lowest BCUT2D eigenvalue weighted by Crippen LogP contribution is -1.86. The summed E-state index contributed by atoms with van der Waals surface area (Å²) in [6.45, 7) is 0. The maximum atomic E-state index is 10.5. The zero-order valence-electron chi connectivity index (χ0n) is 8.22. The highest BCUT2D eigenvalue weighted by Gasteiger charge is 1.79. The van der Waals surface area contributed by atoms with Crippen LogP contribution in [0.25, 0.3) is 0 Å². The van der Waals surface area contributed by atoms with E-state index in [0.717, 1.165) is 0 Å². The van der Waals surface area contributed by atoms with E-state index in [9.17, 15) is 8.42 Å². The van der Waals surface area contributed by atoms with Crippen LogP contribution in [0.15, 0.2) is 0 Å². The van der Waals surface area contributed by atoms with Gasteiger partial charge in [0, 0.05) is 20.6 Å². The first-order valence-electron chi connectivity index (χ1n) is 3.74. The van der Waals surface area contributed by atoms with E-state index in [4.69, 9.17) is 8.22 Å². The van der Waals surface area contributed by atoms with Gasteiger partial charge in [-0.05, 0) is 0 Å². The van der Waals surface area contributed by atoms with E-state index < -0.39 is 22.2 Å². The molecule has 3 heteroatoms. The lowest BCUT2D eigenvalue weighted by molar-refractivity contribution is 0.607. The first-order valence-corrected chi connectivity index (χ1v) is 2.22. The summed E-state index contributed by atoms with van der Waals surface area (Å²) in [6.07, 6.45) is -6.92. The van der Waals surface area contributed by atoms with Crippen molar-refractivity contribution in [1.29, 1.82) is 0 Å². The quantitative estimate of drug-likeness (QED) is 0.417. The fourth-order valence-corrected chi connectivity index (χ4v) is 0. The van der Waals surface area contributed by atoms with Gasteiger partial charge in [0.25, 0.3) is 0 Å². The van der Waals surface area contributed by atoms with E-state index in [1.54, 1.807) is 0 Å².